The van der Waals surface area contributed by atoms with Crippen molar-refractivity contribution >= 4 is 23.1 Å². The number of allylic oxidation sites excluding steroid dienone is 1. The van der Waals surface area contributed by atoms with Crippen LogP contribution in [0, 0.1) is 17.8 Å². The van der Waals surface area contributed by atoms with E-state index in [1.165, 1.54) is 39.0 Å². The van der Waals surface area contributed by atoms with Crippen LogP contribution >= 0.6 is 0 Å². The van der Waals surface area contributed by atoms with Gasteiger partial charge in [-0.1, -0.05) is 46.1 Å². The van der Waals surface area contributed by atoms with Gasteiger partial charge in [0.2, 0.25) is 0 Å². The van der Waals surface area contributed by atoms with Gasteiger partial charge in [-0.15, -0.1) is 0 Å². The molecular formula is C24H39N5O. The first-order chi connectivity index (χ1) is 14.5. The van der Waals surface area contributed by atoms with Crippen LogP contribution in [0.15, 0.2) is 30.0 Å². The molecule has 1 unspecified atom stereocenters. The Labute approximate surface area is 180 Å². The lowest BCUT2D eigenvalue weighted by Crippen LogP contribution is -2.26. The van der Waals surface area contributed by atoms with Gasteiger partial charge in [-0.3, -0.25) is 9.56 Å². The molecular weight excluding hydrogens is 374 g/mol. The van der Waals surface area contributed by atoms with Gasteiger partial charge in [-0.05, 0) is 44.7 Å². The summed E-state index contributed by atoms with van der Waals surface area (Å²) in [5.41, 5.74) is 3.93. The number of nitrogens with one attached hydrogen (secondary N) is 2. The lowest BCUT2D eigenvalue weighted by molar-refractivity contribution is -0.106. The number of aldehydes is 1. The summed E-state index contributed by atoms with van der Waals surface area (Å²) in [4.78, 5) is 20.8. The highest BCUT2D eigenvalue weighted by Crippen LogP contribution is 2.40. The van der Waals surface area contributed by atoms with E-state index in [0.29, 0.717) is 17.9 Å². The van der Waals surface area contributed by atoms with Crippen molar-refractivity contribution in [1.82, 2.24) is 19.9 Å². The number of hydrogen-bond donors (Lipinski definition) is 2. The van der Waals surface area contributed by atoms with Gasteiger partial charge in [-0.25, -0.2) is 4.98 Å². The van der Waals surface area contributed by atoms with Crippen LogP contribution in [0.3, 0.4) is 0 Å². The van der Waals surface area contributed by atoms with Gasteiger partial charge >= 0.3 is 0 Å². The fraction of sp³-hybridized carbons (Fsp3) is 0.625. The maximum absolute atomic E-state index is 8.81. The molecule has 0 aliphatic heterocycles. The Hall–Kier alpha value is -2.21. The minimum atomic E-state index is 0.480. The van der Waals surface area contributed by atoms with Gasteiger partial charge in [0.05, 0.1) is 11.7 Å². The molecule has 0 spiro atoms. The van der Waals surface area contributed by atoms with Crippen LogP contribution in [0.1, 0.15) is 59.3 Å². The molecule has 2 N–H and O–H groups in total. The molecule has 0 radical (unpaired) electrons. The Balaban J connectivity index is 0.000000338. The second-order valence-electron chi connectivity index (χ2n) is 8.38. The van der Waals surface area contributed by atoms with Crippen molar-refractivity contribution < 1.29 is 4.79 Å². The van der Waals surface area contributed by atoms with Crippen LogP contribution in [-0.4, -0.2) is 41.0 Å². The topological polar surface area (TPSA) is 75.1 Å². The molecule has 2 fully saturated rings. The molecule has 0 bridgehead atoms. The van der Waals surface area contributed by atoms with Gasteiger partial charge in [0.25, 0.3) is 0 Å². The summed E-state index contributed by atoms with van der Waals surface area (Å²) < 4.78 is 2.17. The molecule has 3 atom stereocenters. The summed E-state index contributed by atoms with van der Waals surface area (Å²) in [5.74, 6) is 2.22. The van der Waals surface area contributed by atoms with Crippen molar-refractivity contribution in [2.45, 2.75) is 65.3 Å². The van der Waals surface area contributed by atoms with Crippen LogP contribution in [0.2, 0.25) is 0 Å². The molecule has 6 heteroatoms. The van der Waals surface area contributed by atoms with Crippen molar-refractivity contribution in [2.75, 3.05) is 14.1 Å². The van der Waals surface area contributed by atoms with Crippen LogP contribution in [0.4, 0.5) is 0 Å². The number of rotatable bonds is 4. The number of hydrogen-bond acceptors (Lipinski definition) is 4. The van der Waals surface area contributed by atoms with E-state index in [1.54, 1.807) is 0 Å². The lowest BCUT2D eigenvalue weighted by atomic mass is 9.88. The maximum Gasteiger partial charge on any atom is 0.154 e. The van der Waals surface area contributed by atoms with Gasteiger partial charge < -0.3 is 15.1 Å². The van der Waals surface area contributed by atoms with Crippen molar-refractivity contribution in [1.29, 1.82) is 0 Å². The first-order valence-corrected chi connectivity index (χ1v) is 11.2. The highest BCUT2D eigenvalue weighted by atomic mass is 16.1. The summed E-state index contributed by atoms with van der Waals surface area (Å²) >= 11 is 0. The average Bonchev–Trinajstić information content (AvgIpc) is 3.38. The number of aromatic nitrogens is 3. The van der Waals surface area contributed by atoms with Gasteiger partial charge in [0.1, 0.15) is 6.29 Å². The standard InChI is InChI=1S/C17H25N5.C5H10.C2H4O/c1-5-12-8-13(18-3)9-14(12)11(2)22-15-6-7-20-17(15)21-10-16(22)19-4;1-5-3-2-4-5;1-2-3/h6-7,10,12-14,18,20H,2,5,8-9H2,1,3-4H3;5H,2-4H2,1H3;2H,1H3/t12-,13?,14-;;/m0../s1. The Morgan fingerprint density at radius 1 is 1.43 bits per heavy atom. The van der Waals surface area contributed by atoms with E-state index in [-0.39, 0.29) is 0 Å². The molecule has 0 amide bonds. The number of fused-ring (bicyclic) bond motifs is 1. The van der Waals surface area contributed by atoms with Crippen LogP contribution < -0.4 is 10.8 Å². The Morgan fingerprint density at radius 2 is 2.10 bits per heavy atom. The number of nitrogens with zero attached hydrogens (tertiary/aromatic N) is 3. The molecule has 2 aromatic heterocycles. The van der Waals surface area contributed by atoms with Crippen LogP contribution in [0.5, 0.6) is 0 Å². The molecule has 0 saturated heterocycles. The molecule has 0 aromatic carbocycles. The fourth-order valence-corrected chi connectivity index (χ4v) is 4.40. The first-order valence-electron chi connectivity index (χ1n) is 11.2. The summed E-state index contributed by atoms with van der Waals surface area (Å²) in [5, 5.41) is 3.43. The molecule has 2 aromatic rings. The molecule has 2 saturated carbocycles. The third-order valence-corrected chi connectivity index (χ3v) is 6.45. The highest BCUT2D eigenvalue weighted by Gasteiger charge is 2.35. The van der Waals surface area contributed by atoms with Crippen molar-refractivity contribution in [3.05, 3.63) is 30.5 Å². The highest BCUT2D eigenvalue weighted by molar-refractivity contribution is 5.75. The smallest absolute Gasteiger partial charge is 0.154 e. The van der Waals surface area contributed by atoms with E-state index in [0.717, 1.165) is 41.0 Å². The maximum atomic E-state index is 8.81. The molecule has 2 heterocycles. The summed E-state index contributed by atoms with van der Waals surface area (Å²) in [6.45, 7) is 10.5. The SMILES string of the molecule is C=C([C@@H]1CC(NC)C[C@@H]1CC)n1c(=NC)cnc2[nH]ccc21.CC1CCC1.CC=O. The predicted molar refractivity (Wildman–Crippen MR) is 125 cm³/mol. The average molecular weight is 414 g/mol. The second-order valence-corrected chi connectivity index (χ2v) is 8.38. The van der Waals surface area contributed by atoms with Crippen molar-refractivity contribution in [2.24, 2.45) is 22.7 Å². The largest absolute Gasteiger partial charge is 0.345 e. The number of carbonyl (C=O) groups is 1. The van der Waals surface area contributed by atoms with E-state index in [9.17, 15) is 0 Å². The minimum absolute atomic E-state index is 0.480. The molecule has 2 aliphatic rings. The minimum Gasteiger partial charge on any atom is -0.345 e. The Kier molecular flexibility index (Phi) is 9.50. The Bertz CT molecular complexity index is 877. The Morgan fingerprint density at radius 3 is 2.60 bits per heavy atom. The third-order valence-electron chi connectivity index (χ3n) is 6.45. The van der Waals surface area contributed by atoms with E-state index in [2.05, 4.69) is 52.3 Å². The quantitative estimate of drug-likeness (QED) is 0.730. The van der Waals surface area contributed by atoms with E-state index in [1.807, 2.05) is 25.5 Å². The van der Waals surface area contributed by atoms with Gasteiger partial charge in [0, 0.05) is 30.9 Å². The molecule has 166 valence electrons. The number of aromatic amines is 1. The summed E-state index contributed by atoms with van der Waals surface area (Å²) in [6.07, 6.45) is 12.5. The predicted octanol–water partition coefficient (Wildman–Crippen LogP) is 4.40. The molecule has 2 aliphatic carbocycles. The van der Waals surface area contributed by atoms with Gasteiger partial charge in [-0.2, -0.15) is 0 Å². The van der Waals surface area contributed by atoms with E-state index >= 15 is 0 Å². The monoisotopic (exact) mass is 413 g/mol. The normalized spacial score (nSPS) is 23.8. The third kappa shape index (κ3) is 5.69. The van der Waals surface area contributed by atoms with Crippen LogP contribution in [-0.2, 0) is 4.79 Å². The zero-order valence-corrected chi connectivity index (χ0v) is 19.3. The van der Waals surface area contributed by atoms with Crippen molar-refractivity contribution in [3.63, 3.8) is 0 Å². The number of carbonyl (C=O) groups excluding carboxylic acids is 1. The molecule has 4 rings (SSSR count). The second kappa shape index (κ2) is 11.8. The fourth-order valence-electron chi connectivity index (χ4n) is 4.40. The lowest BCUT2D eigenvalue weighted by Gasteiger charge is -2.23. The number of H-pyrrole nitrogens is 1. The van der Waals surface area contributed by atoms with E-state index < -0.39 is 0 Å². The first kappa shape index (κ1) is 24.1. The summed E-state index contributed by atoms with van der Waals surface area (Å²) in [7, 11) is 3.86. The van der Waals surface area contributed by atoms with Gasteiger partial charge in [0.15, 0.2) is 11.1 Å². The molecule has 30 heavy (non-hydrogen) atoms. The summed E-state index contributed by atoms with van der Waals surface area (Å²) in [6, 6.07) is 2.63. The van der Waals surface area contributed by atoms with Crippen molar-refractivity contribution in [3.8, 4) is 0 Å². The molecule has 6 nitrogen and oxygen atoms in total. The zero-order valence-electron chi connectivity index (χ0n) is 19.3. The van der Waals surface area contributed by atoms with Crippen LogP contribution in [0.25, 0.3) is 16.9 Å². The zero-order chi connectivity index (χ0) is 22.1. The van der Waals surface area contributed by atoms with E-state index in [4.69, 9.17) is 4.79 Å².